The maximum atomic E-state index is 5.07. The zero-order chi connectivity index (χ0) is 65.1. The molecular formula is C93H62N4S. The van der Waals surface area contributed by atoms with E-state index >= 15 is 0 Å². The van der Waals surface area contributed by atoms with Crippen molar-refractivity contribution < 1.29 is 0 Å². The van der Waals surface area contributed by atoms with Crippen LogP contribution in [0.2, 0.25) is 0 Å². The van der Waals surface area contributed by atoms with Crippen LogP contribution in [0.3, 0.4) is 0 Å². The number of aromatic nitrogens is 4. The molecule has 21 rings (SSSR count). The van der Waals surface area contributed by atoms with Crippen LogP contribution >= 0.6 is 11.3 Å². The van der Waals surface area contributed by atoms with Crippen LogP contribution in [0.4, 0.5) is 0 Å². The van der Waals surface area contributed by atoms with Crippen LogP contribution in [0.15, 0.2) is 303 Å². The van der Waals surface area contributed by atoms with E-state index < -0.39 is 0 Å². The lowest BCUT2D eigenvalue weighted by atomic mass is 9.81. The summed E-state index contributed by atoms with van der Waals surface area (Å²) in [5.74, 6) is 1.94. The molecule has 0 atom stereocenters. The van der Waals surface area contributed by atoms with E-state index in [1.54, 1.807) is 0 Å². The van der Waals surface area contributed by atoms with Crippen molar-refractivity contribution in [2.75, 3.05) is 0 Å². The van der Waals surface area contributed by atoms with Crippen LogP contribution in [0.5, 0.6) is 0 Å². The van der Waals surface area contributed by atoms with Crippen LogP contribution in [0, 0.1) is 0 Å². The fraction of sp³-hybridized carbons (Fsp3) is 0.0645. The first-order valence-corrected chi connectivity index (χ1v) is 34.8. The summed E-state index contributed by atoms with van der Waals surface area (Å²) in [6.07, 6.45) is 0. The second-order valence-electron chi connectivity index (χ2n) is 27.7. The number of benzene rings is 16. The van der Waals surface area contributed by atoms with Crippen molar-refractivity contribution >= 4 is 118 Å². The van der Waals surface area contributed by atoms with Gasteiger partial charge in [0.2, 0.25) is 0 Å². The summed E-state index contributed by atoms with van der Waals surface area (Å²) in [5, 5.41) is 21.0. The van der Waals surface area contributed by atoms with Crippen molar-refractivity contribution in [2.24, 2.45) is 0 Å². The average Bonchev–Trinajstić information content (AvgIpc) is 1.52. The van der Waals surface area contributed by atoms with Gasteiger partial charge >= 0.3 is 0 Å². The quantitative estimate of drug-likeness (QED) is 0.161. The highest BCUT2D eigenvalue weighted by Crippen LogP contribution is 2.56. The van der Waals surface area contributed by atoms with Gasteiger partial charge in [0.1, 0.15) is 0 Å². The Balaban J connectivity index is 0.000000142. The highest BCUT2D eigenvalue weighted by atomic mass is 32.1. The Labute approximate surface area is 571 Å². The highest BCUT2D eigenvalue weighted by molar-refractivity contribution is 7.26. The topological polar surface area (TPSA) is 43.6 Å². The highest BCUT2D eigenvalue weighted by Gasteiger charge is 2.39. The van der Waals surface area contributed by atoms with Crippen molar-refractivity contribution in [3.63, 3.8) is 0 Å². The monoisotopic (exact) mass is 1270 g/mol. The fourth-order valence-electron chi connectivity index (χ4n) is 16.9. The molecule has 5 heteroatoms. The molecule has 460 valence electrons. The Hall–Kier alpha value is -11.9. The van der Waals surface area contributed by atoms with Crippen LogP contribution in [0.1, 0.15) is 49.9 Å². The summed E-state index contributed by atoms with van der Waals surface area (Å²) in [7, 11) is 0. The van der Waals surface area contributed by atoms with Crippen LogP contribution in [0.25, 0.3) is 180 Å². The van der Waals surface area contributed by atoms with E-state index in [1.165, 1.54) is 157 Å². The smallest absolute Gasteiger partial charge is 0.164 e. The number of hydrogen-bond acceptors (Lipinski definition) is 4. The summed E-state index contributed by atoms with van der Waals surface area (Å²) in [6, 6.07) is 111. The van der Waals surface area contributed by atoms with E-state index in [4.69, 9.17) is 15.0 Å². The third kappa shape index (κ3) is 8.39. The minimum absolute atomic E-state index is 0.0617. The molecule has 0 fully saturated rings. The van der Waals surface area contributed by atoms with E-state index in [9.17, 15) is 0 Å². The van der Waals surface area contributed by atoms with Crippen molar-refractivity contribution in [3.8, 4) is 73.2 Å². The van der Waals surface area contributed by atoms with Gasteiger partial charge in [-0.3, -0.25) is 0 Å². The Morgan fingerprint density at radius 2 is 0.643 bits per heavy atom. The van der Waals surface area contributed by atoms with E-state index in [0.717, 1.165) is 27.9 Å². The van der Waals surface area contributed by atoms with E-state index in [0.29, 0.717) is 17.5 Å². The Morgan fingerprint density at radius 3 is 1.19 bits per heavy atom. The molecular weight excluding hydrogens is 1210 g/mol. The lowest BCUT2D eigenvalue weighted by Crippen LogP contribution is -2.15. The van der Waals surface area contributed by atoms with E-state index in [1.807, 2.05) is 72.0 Å². The number of nitrogens with zero attached hydrogens (tertiary/aromatic N) is 4. The third-order valence-electron chi connectivity index (χ3n) is 21.6. The second-order valence-corrected chi connectivity index (χ2v) is 28.8. The van der Waals surface area contributed by atoms with Gasteiger partial charge in [0.25, 0.3) is 0 Å². The first kappa shape index (κ1) is 56.5. The molecule has 2 aliphatic rings. The molecule has 98 heavy (non-hydrogen) atoms. The molecule has 0 saturated carbocycles. The number of rotatable bonds is 5. The minimum Gasteiger partial charge on any atom is -0.309 e. The van der Waals surface area contributed by atoms with E-state index in [-0.39, 0.29) is 10.8 Å². The summed E-state index contributed by atoms with van der Waals surface area (Å²) in [5.41, 5.74) is 19.5. The molecule has 0 saturated heterocycles. The lowest BCUT2D eigenvalue weighted by Gasteiger charge is -2.23. The summed E-state index contributed by atoms with van der Waals surface area (Å²) in [4.78, 5) is 15.1. The van der Waals surface area contributed by atoms with Gasteiger partial charge < -0.3 is 4.57 Å². The normalized spacial score (nSPS) is 13.5. The third-order valence-corrected chi connectivity index (χ3v) is 22.9. The van der Waals surface area contributed by atoms with Gasteiger partial charge in [-0.25, -0.2) is 15.0 Å². The fourth-order valence-corrected chi connectivity index (χ4v) is 18.1. The van der Waals surface area contributed by atoms with Gasteiger partial charge in [0.05, 0.1) is 11.0 Å². The predicted octanol–water partition coefficient (Wildman–Crippen LogP) is 25.2. The molecule has 19 aromatic rings. The zero-order valence-electron chi connectivity index (χ0n) is 54.6. The molecule has 2 aliphatic carbocycles. The summed E-state index contributed by atoms with van der Waals surface area (Å²) >= 11 is 1.91. The lowest BCUT2D eigenvalue weighted by molar-refractivity contribution is 0.661. The largest absolute Gasteiger partial charge is 0.309 e. The van der Waals surface area contributed by atoms with Crippen LogP contribution in [-0.4, -0.2) is 19.5 Å². The van der Waals surface area contributed by atoms with Crippen molar-refractivity contribution in [3.05, 3.63) is 326 Å². The standard InChI is InChI=1S/C54H36N4.C39H26S/c1-54(2)47-31-43-40-25-12-10-23-38(40)37-22-9-11-24-39(37)42(43)29-44(47)45-30-46-41-26-13-14-27-49(41)58(50(46)32-48(45)54)36-21-15-20-35(28-36)53-56-51(33-16-5-3-6-17-33)55-52(57-53)34-18-7-4-8-19-34;1-39(2)35-19-18-23(24-15-9-16-30-29-14-7-8-17-37(29)40-38(24)30)20-33(35)34-21-31-27-12-5-3-10-25(27)26-11-4-6-13-28(26)32(31)22-36(34)39/h3-32H,1-2H3;3-22H,1-2H3. The van der Waals surface area contributed by atoms with E-state index in [2.05, 4.69) is 275 Å². The van der Waals surface area contributed by atoms with Gasteiger partial charge in [-0.15, -0.1) is 11.3 Å². The van der Waals surface area contributed by atoms with Crippen molar-refractivity contribution in [2.45, 2.75) is 38.5 Å². The SMILES string of the molecule is CC1(C)c2cc3c4ccccc4c4ccccc4c3cc2-c2cc3c4ccccc4n(-c4cccc(-c5nc(-c6ccccc6)nc(-c6ccccc6)n5)c4)c3cc21.CC1(C)c2ccc(-c3cccc4c3sc3ccccc34)cc2-c2cc3c4ccccc4c4ccccc4c3cc21. The molecule has 0 bridgehead atoms. The Kier molecular flexibility index (Phi) is 12.3. The molecule has 0 radical (unpaired) electrons. The Morgan fingerprint density at radius 1 is 0.245 bits per heavy atom. The van der Waals surface area contributed by atoms with Gasteiger partial charge in [0.15, 0.2) is 17.5 Å². The molecule has 0 amide bonds. The molecule has 4 nitrogen and oxygen atoms in total. The first-order chi connectivity index (χ1) is 48.1. The maximum absolute atomic E-state index is 5.07. The number of fused-ring (bicyclic) bond motifs is 24. The number of thiophene rings is 1. The predicted molar refractivity (Wildman–Crippen MR) is 415 cm³/mol. The zero-order valence-corrected chi connectivity index (χ0v) is 55.4. The van der Waals surface area contributed by atoms with Gasteiger partial charge in [0, 0.05) is 64.2 Å². The molecule has 0 unspecified atom stereocenters. The van der Waals surface area contributed by atoms with Crippen LogP contribution in [-0.2, 0) is 10.8 Å². The number of para-hydroxylation sites is 1. The van der Waals surface area contributed by atoms with Gasteiger partial charge in [-0.05, 0) is 187 Å². The average molecular weight is 1270 g/mol. The summed E-state index contributed by atoms with van der Waals surface area (Å²) in [6.45, 7) is 9.56. The maximum Gasteiger partial charge on any atom is 0.164 e. The van der Waals surface area contributed by atoms with Gasteiger partial charge in [-0.2, -0.15) is 0 Å². The molecule has 3 aromatic heterocycles. The first-order valence-electron chi connectivity index (χ1n) is 34.0. The van der Waals surface area contributed by atoms with Crippen LogP contribution < -0.4 is 0 Å². The minimum atomic E-state index is -0.213. The molecule has 0 aliphatic heterocycles. The van der Waals surface area contributed by atoms with Crippen molar-refractivity contribution in [1.82, 2.24) is 19.5 Å². The molecule has 0 N–H and O–H groups in total. The van der Waals surface area contributed by atoms with Crippen molar-refractivity contribution in [1.29, 1.82) is 0 Å². The molecule has 16 aromatic carbocycles. The van der Waals surface area contributed by atoms with Gasteiger partial charge in [-0.1, -0.05) is 264 Å². The second kappa shape index (κ2) is 21.3. The number of hydrogen-bond donors (Lipinski definition) is 0. The Bertz CT molecular complexity index is 6550. The summed E-state index contributed by atoms with van der Waals surface area (Å²) < 4.78 is 5.14. The molecule has 0 spiro atoms. The molecule has 3 heterocycles.